The van der Waals surface area contributed by atoms with Crippen molar-refractivity contribution in [2.24, 2.45) is 10.4 Å². The van der Waals surface area contributed by atoms with Crippen molar-refractivity contribution in [1.82, 2.24) is 15.5 Å². The van der Waals surface area contributed by atoms with E-state index in [0.29, 0.717) is 0 Å². The van der Waals surface area contributed by atoms with Gasteiger partial charge in [0, 0.05) is 39.8 Å². The summed E-state index contributed by atoms with van der Waals surface area (Å²) < 4.78 is 0. The van der Waals surface area contributed by atoms with Gasteiger partial charge in [-0.3, -0.25) is 9.89 Å². The van der Waals surface area contributed by atoms with Crippen LogP contribution >= 0.6 is 24.0 Å². The normalized spacial score (nSPS) is 16.2. The van der Waals surface area contributed by atoms with E-state index in [1.165, 1.54) is 36.8 Å². The second kappa shape index (κ2) is 14.2. The fourth-order valence-electron chi connectivity index (χ4n) is 3.77. The van der Waals surface area contributed by atoms with E-state index in [4.69, 9.17) is 0 Å². The molecule has 172 valence electrons. The molecule has 0 amide bonds. The number of hydrogen-bond acceptors (Lipinski definition) is 3. The summed E-state index contributed by atoms with van der Waals surface area (Å²) in [5.74, 6) is 0.865. The zero-order chi connectivity index (χ0) is 21.1. The molecule has 0 unspecified atom stereocenters. The van der Waals surface area contributed by atoms with E-state index < -0.39 is 0 Å². The molecule has 2 rings (SSSR count). The molecule has 0 radical (unpaired) electrons. The van der Waals surface area contributed by atoms with Gasteiger partial charge in [0.25, 0.3) is 0 Å². The highest BCUT2D eigenvalue weighted by Crippen LogP contribution is 2.22. The topological polar surface area (TPSA) is 59.9 Å². The number of piperidine rings is 1. The molecule has 1 saturated heterocycles. The lowest BCUT2D eigenvalue weighted by Crippen LogP contribution is -2.41. The molecule has 0 spiro atoms. The monoisotopic (exact) mass is 530 g/mol. The van der Waals surface area contributed by atoms with Gasteiger partial charge in [0.1, 0.15) is 0 Å². The van der Waals surface area contributed by atoms with E-state index in [-0.39, 0.29) is 35.5 Å². The molecule has 0 atom stereocenters. The summed E-state index contributed by atoms with van der Waals surface area (Å²) in [4.78, 5) is 6.80. The number of aliphatic hydroxyl groups excluding tert-OH is 1. The summed E-state index contributed by atoms with van der Waals surface area (Å²) in [6.45, 7) is 11.5. The van der Waals surface area contributed by atoms with Crippen molar-refractivity contribution >= 4 is 29.9 Å². The molecule has 3 N–H and O–H groups in total. The Bertz CT molecular complexity index is 610. The maximum atomic E-state index is 9.64. The van der Waals surface area contributed by atoms with Crippen LogP contribution in [-0.4, -0.2) is 48.8 Å². The smallest absolute Gasteiger partial charge is 0.191 e. The Balaban J connectivity index is 0.00000450. The lowest BCUT2D eigenvalue weighted by molar-refractivity contribution is 0.0792. The van der Waals surface area contributed by atoms with Gasteiger partial charge in [-0.15, -0.1) is 24.0 Å². The molecule has 0 saturated carbocycles. The Morgan fingerprint density at radius 1 is 1.10 bits per heavy atom. The molecular formula is C24H43IN4O. The quantitative estimate of drug-likeness (QED) is 0.180. The molecule has 30 heavy (non-hydrogen) atoms. The highest BCUT2D eigenvalue weighted by atomic mass is 127. The van der Waals surface area contributed by atoms with Gasteiger partial charge in [-0.2, -0.15) is 0 Å². The average molecular weight is 531 g/mol. The molecule has 5 nitrogen and oxygen atoms in total. The van der Waals surface area contributed by atoms with Gasteiger partial charge in [-0.25, -0.2) is 0 Å². The molecule has 1 heterocycles. The second-order valence-corrected chi connectivity index (χ2v) is 9.22. The summed E-state index contributed by atoms with van der Waals surface area (Å²) in [6, 6.07) is 8.83. The third kappa shape index (κ3) is 10.4. The van der Waals surface area contributed by atoms with Crippen LogP contribution in [0.5, 0.6) is 0 Å². The number of nitrogens with one attached hydrogen (secondary N) is 2. The number of aliphatic hydroxyl groups is 1. The second-order valence-electron chi connectivity index (χ2n) is 9.22. The lowest BCUT2D eigenvalue weighted by atomic mass is 9.87. The Morgan fingerprint density at radius 3 is 2.33 bits per heavy atom. The van der Waals surface area contributed by atoms with E-state index in [1.54, 1.807) is 0 Å². The molecule has 1 aromatic rings. The molecule has 1 aliphatic rings. The van der Waals surface area contributed by atoms with Crippen LogP contribution in [0.3, 0.4) is 0 Å². The molecule has 0 aromatic heterocycles. The fourth-order valence-corrected chi connectivity index (χ4v) is 3.77. The van der Waals surface area contributed by atoms with Gasteiger partial charge in [-0.1, -0.05) is 64.3 Å². The van der Waals surface area contributed by atoms with Crippen molar-refractivity contribution in [3.63, 3.8) is 0 Å². The first-order chi connectivity index (χ1) is 13.9. The standard InChI is InChI=1S/C24H42N4O.HI/c1-5-6-7-14-24(2,3)19-27-23(25-4)26-17-20-8-10-21(11-9-20)18-28-15-12-22(29)13-16-28;/h8-11,22,29H,5-7,12-19H2,1-4H3,(H2,25,26,27);1H. The van der Waals surface area contributed by atoms with E-state index in [1.807, 2.05) is 7.05 Å². The summed E-state index contributed by atoms with van der Waals surface area (Å²) in [5.41, 5.74) is 2.87. The molecule has 6 heteroatoms. The number of likely N-dealkylation sites (tertiary alicyclic amines) is 1. The largest absolute Gasteiger partial charge is 0.393 e. The Kier molecular flexibility index (Phi) is 12.9. The highest BCUT2D eigenvalue weighted by Gasteiger charge is 2.18. The Hall–Kier alpha value is -0.860. The van der Waals surface area contributed by atoms with Crippen molar-refractivity contribution in [3.05, 3.63) is 35.4 Å². The van der Waals surface area contributed by atoms with E-state index in [0.717, 1.165) is 51.5 Å². The minimum atomic E-state index is -0.107. The van der Waals surface area contributed by atoms with Crippen molar-refractivity contribution < 1.29 is 5.11 Å². The molecule has 0 aliphatic carbocycles. The molecule has 1 aromatic carbocycles. The van der Waals surface area contributed by atoms with Gasteiger partial charge in [0.2, 0.25) is 0 Å². The highest BCUT2D eigenvalue weighted by molar-refractivity contribution is 14.0. The third-order valence-electron chi connectivity index (χ3n) is 5.86. The number of hydrogen-bond donors (Lipinski definition) is 3. The van der Waals surface area contributed by atoms with Crippen LogP contribution in [0.4, 0.5) is 0 Å². The van der Waals surface area contributed by atoms with Crippen LogP contribution in [-0.2, 0) is 13.1 Å². The summed E-state index contributed by atoms with van der Waals surface area (Å²) in [7, 11) is 1.83. The molecule has 0 bridgehead atoms. The van der Waals surface area contributed by atoms with Crippen molar-refractivity contribution in [3.8, 4) is 0 Å². The van der Waals surface area contributed by atoms with E-state index in [2.05, 4.69) is 65.6 Å². The summed E-state index contributed by atoms with van der Waals surface area (Å²) in [5, 5.41) is 16.6. The predicted molar refractivity (Wildman–Crippen MR) is 138 cm³/mol. The van der Waals surface area contributed by atoms with E-state index >= 15 is 0 Å². The third-order valence-corrected chi connectivity index (χ3v) is 5.86. The van der Waals surface area contributed by atoms with Crippen LogP contribution in [0, 0.1) is 5.41 Å². The van der Waals surface area contributed by atoms with Crippen LogP contribution < -0.4 is 10.6 Å². The minimum absolute atomic E-state index is 0. The van der Waals surface area contributed by atoms with Gasteiger partial charge in [-0.05, 0) is 35.8 Å². The Morgan fingerprint density at radius 2 is 1.73 bits per heavy atom. The van der Waals surface area contributed by atoms with Gasteiger partial charge < -0.3 is 15.7 Å². The zero-order valence-electron chi connectivity index (χ0n) is 19.4. The number of rotatable bonds is 10. The van der Waals surface area contributed by atoms with Gasteiger partial charge in [0.05, 0.1) is 6.10 Å². The lowest BCUT2D eigenvalue weighted by Gasteiger charge is -2.29. The molecule has 1 aliphatic heterocycles. The number of guanidine groups is 1. The maximum Gasteiger partial charge on any atom is 0.191 e. The zero-order valence-corrected chi connectivity index (χ0v) is 21.7. The van der Waals surface area contributed by atoms with Gasteiger partial charge >= 0.3 is 0 Å². The van der Waals surface area contributed by atoms with Crippen LogP contribution in [0.15, 0.2) is 29.3 Å². The SMILES string of the molecule is CCCCCC(C)(C)CNC(=NC)NCc1ccc(CN2CCC(O)CC2)cc1.I. The number of nitrogens with zero attached hydrogens (tertiary/aromatic N) is 2. The van der Waals surface area contributed by atoms with E-state index in [9.17, 15) is 5.11 Å². The first-order valence-corrected chi connectivity index (χ1v) is 11.3. The fraction of sp³-hybridized carbons (Fsp3) is 0.708. The molecular weight excluding hydrogens is 487 g/mol. The molecule has 1 fully saturated rings. The first kappa shape index (κ1) is 27.2. The number of aliphatic imine (C=N–C) groups is 1. The first-order valence-electron chi connectivity index (χ1n) is 11.3. The van der Waals surface area contributed by atoms with Crippen molar-refractivity contribution in [2.45, 2.75) is 78.5 Å². The predicted octanol–water partition coefficient (Wildman–Crippen LogP) is 4.53. The van der Waals surface area contributed by atoms with Crippen molar-refractivity contribution in [2.75, 3.05) is 26.7 Å². The Labute approximate surface area is 201 Å². The van der Waals surface area contributed by atoms with Gasteiger partial charge in [0.15, 0.2) is 5.96 Å². The average Bonchev–Trinajstić information content (AvgIpc) is 2.71. The van der Waals surface area contributed by atoms with Crippen LogP contribution in [0.2, 0.25) is 0 Å². The maximum absolute atomic E-state index is 9.64. The minimum Gasteiger partial charge on any atom is -0.393 e. The summed E-state index contributed by atoms with van der Waals surface area (Å²) in [6.07, 6.45) is 6.79. The summed E-state index contributed by atoms with van der Waals surface area (Å²) >= 11 is 0. The van der Waals surface area contributed by atoms with Crippen LogP contribution in [0.1, 0.15) is 70.4 Å². The number of benzene rings is 1. The van der Waals surface area contributed by atoms with Crippen LogP contribution in [0.25, 0.3) is 0 Å². The van der Waals surface area contributed by atoms with Crippen molar-refractivity contribution in [1.29, 1.82) is 0 Å². The number of unbranched alkanes of at least 4 members (excludes halogenated alkanes) is 2. The number of halogens is 1.